The Bertz CT molecular complexity index is 945. The Morgan fingerprint density at radius 2 is 1.96 bits per heavy atom. The quantitative estimate of drug-likeness (QED) is 0.629. The molecule has 0 aliphatic carbocycles. The van der Waals surface area contributed by atoms with Crippen molar-refractivity contribution in [1.82, 2.24) is 14.9 Å². The SMILES string of the molecule is CSc1ccc(Cl)c(C(=O)N(C)Cc2nc(C)c3ccccc3n2)c1. The van der Waals surface area contributed by atoms with Crippen LogP contribution >= 0.6 is 23.4 Å². The van der Waals surface area contributed by atoms with Crippen molar-refractivity contribution in [2.24, 2.45) is 0 Å². The minimum absolute atomic E-state index is 0.143. The number of hydrogen-bond acceptors (Lipinski definition) is 4. The van der Waals surface area contributed by atoms with Crippen molar-refractivity contribution in [1.29, 1.82) is 0 Å². The van der Waals surface area contributed by atoms with Gasteiger partial charge in [-0.2, -0.15) is 0 Å². The highest BCUT2D eigenvalue weighted by Crippen LogP contribution is 2.24. The number of aromatic nitrogens is 2. The van der Waals surface area contributed by atoms with E-state index in [0.29, 0.717) is 23.0 Å². The number of hydrogen-bond donors (Lipinski definition) is 0. The van der Waals surface area contributed by atoms with Crippen molar-refractivity contribution in [3.8, 4) is 0 Å². The van der Waals surface area contributed by atoms with Crippen LogP contribution in [-0.4, -0.2) is 34.1 Å². The monoisotopic (exact) mass is 371 g/mol. The van der Waals surface area contributed by atoms with Crippen LogP contribution in [0.1, 0.15) is 21.9 Å². The first-order chi connectivity index (χ1) is 12.0. The standard InChI is InChI=1S/C19H18ClN3OS/c1-12-14-6-4-5-7-17(14)22-18(21-12)11-23(2)19(24)15-10-13(25-3)8-9-16(15)20/h4-10H,11H2,1-3H3. The summed E-state index contributed by atoms with van der Waals surface area (Å²) in [4.78, 5) is 24.5. The maximum atomic E-state index is 12.8. The van der Waals surface area contributed by atoms with Crippen molar-refractivity contribution in [3.63, 3.8) is 0 Å². The number of nitrogens with zero attached hydrogens (tertiary/aromatic N) is 3. The third-order valence-electron chi connectivity index (χ3n) is 3.97. The Morgan fingerprint density at radius 3 is 2.72 bits per heavy atom. The van der Waals surface area contributed by atoms with Gasteiger partial charge in [-0.3, -0.25) is 4.79 Å². The van der Waals surface area contributed by atoms with E-state index >= 15 is 0 Å². The lowest BCUT2D eigenvalue weighted by Gasteiger charge is -2.18. The van der Waals surface area contributed by atoms with Gasteiger partial charge in [-0.05, 0) is 37.4 Å². The van der Waals surface area contributed by atoms with E-state index in [-0.39, 0.29) is 5.91 Å². The van der Waals surface area contributed by atoms with Crippen LogP contribution in [0.15, 0.2) is 47.4 Å². The average Bonchev–Trinajstić information content (AvgIpc) is 2.61. The maximum absolute atomic E-state index is 12.8. The normalized spacial score (nSPS) is 10.9. The third-order valence-corrected chi connectivity index (χ3v) is 5.02. The van der Waals surface area contributed by atoms with E-state index in [2.05, 4.69) is 9.97 Å². The van der Waals surface area contributed by atoms with Gasteiger partial charge in [-0.1, -0.05) is 29.8 Å². The van der Waals surface area contributed by atoms with Crippen LogP contribution in [-0.2, 0) is 6.54 Å². The van der Waals surface area contributed by atoms with Crippen LogP contribution in [0.25, 0.3) is 10.9 Å². The number of thioether (sulfide) groups is 1. The Hall–Kier alpha value is -2.11. The molecule has 0 spiro atoms. The van der Waals surface area contributed by atoms with Gasteiger partial charge in [0.2, 0.25) is 0 Å². The zero-order chi connectivity index (χ0) is 18.0. The second kappa shape index (κ2) is 7.42. The van der Waals surface area contributed by atoms with Gasteiger partial charge in [-0.15, -0.1) is 11.8 Å². The second-order valence-electron chi connectivity index (χ2n) is 5.75. The molecule has 4 nitrogen and oxygen atoms in total. The molecule has 25 heavy (non-hydrogen) atoms. The highest BCUT2D eigenvalue weighted by atomic mass is 35.5. The number of rotatable bonds is 4. The molecule has 0 unspecified atom stereocenters. The average molecular weight is 372 g/mol. The molecule has 1 aromatic heterocycles. The summed E-state index contributed by atoms with van der Waals surface area (Å²) < 4.78 is 0. The van der Waals surface area contributed by atoms with E-state index in [4.69, 9.17) is 11.6 Å². The van der Waals surface area contributed by atoms with Crippen molar-refractivity contribution < 1.29 is 4.79 Å². The van der Waals surface area contributed by atoms with Crippen molar-refractivity contribution in [2.45, 2.75) is 18.4 Å². The molecule has 0 fully saturated rings. The van der Waals surface area contributed by atoms with Crippen LogP contribution < -0.4 is 0 Å². The molecule has 0 saturated carbocycles. The van der Waals surface area contributed by atoms with E-state index in [0.717, 1.165) is 21.5 Å². The molecule has 0 saturated heterocycles. The van der Waals surface area contributed by atoms with E-state index in [1.54, 1.807) is 29.8 Å². The number of amides is 1. The summed E-state index contributed by atoms with van der Waals surface area (Å²) in [5, 5.41) is 1.47. The molecule has 128 valence electrons. The van der Waals surface area contributed by atoms with Crippen LogP contribution in [0.5, 0.6) is 0 Å². The molecule has 0 aliphatic heterocycles. The summed E-state index contributed by atoms with van der Waals surface area (Å²) in [6, 6.07) is 13.3. The zero-order valence-corrected chi connectivity index (χ0v) is 15.9. The smallest absolute Gasteiger partial charge is 0.255 e. The molecule has 0 N–H and O–H groups in total. The highest BCUT2D eigenvalue weighted by Gasteiger charge is 2.17. The number of carbonyl (C=O) groups excluding carboxylic acids is 1. The van der Waals surface area contributed by atoms with E-state index in [1.807, 2.05) is 49.6 Å². The fourth-order valence-corrected chi connectivity index (χ4v) is 3.29. The molecular formula is C19H18ClN3OS. The fraction of sp³-hybridized carbons (Fsp3) is 0.211. The van der Waals surface area contributed by atoms with E-state index in [1.165, 1.54) is 0 Å². The summed E-state index contributed by atoms with van der Waals surface area (Å²) in [5.74, 6) is 0.472. The number of aryl methyl sites for hydroxylation is 1. The third kappa shape index (κ3) is 3.78. The Morgan fingerprint density at radius 1 is 1.20 bits per heavy atom. The fourth-order valence-electron chi connectivity index (χ4n) is 2.65. The minimum atomic E-state index is -0.143. The first kappa shape index (κ1) is 17.7. The van der Waals surface area contributed by atoms with Crippen LogP contribution in [0, 0.1) is 6.92 Å². The lowest BCUT2D eigenvalue weighted by Crippen LogP contribution is -2.27. The number of halogens is 1. The van der Waals surface area contributed by atoms with E-state index < -0.39 is 0 Å². The summed E-state index contributed by atoms with van der Waals surface area (Å²) in [6.45, 7) is 2.28. The van der Waals surface area contributed by atoms with Gasteiger partial charge in [-0.25, -0.2) is 9.97 Å². The molecule has 2 aromatic carbocycles. The van der Waals surface area contributed by atoms with Crippen molar-refractivity contribution in [2.75, 3.05) is 13.3 Å². The second-order valence-corrected chi connectivity index (χ2v) is 7.04. The number of carbonyl (C=O) groups is 1. The highest BCUT2D eigenvalue weighted by molar-refractivity contribution is 7.98. The summed E-state index contributed by atoms with van der Waals surface area (Å²) >= 11 is 7.78. The summed E-state index contributed by atoms with van der Waals surface area (Å²) in [6.07, 6.45) is 1.97. The number of fused-ring (bicyclic) bond motifs is 1. The van der Waals surface area contributed by atoms with Gasteiger partial charge in [0.25, 0.3) is 5.91 Å². The zero-order valence-electron chi connectivity index (χ0n) is 14.3. The molecule has 0 aliphatic rings. The predicted molar refractivity (Wildman–Crippen MR) is 103 cm³/mol. The van der Waals surface area contributed by atoms with Gasteiger partial charge in [0.15, 0.2) is 0 Å². The Labute approximate surface area is 156 Å². The van der Waals surface area contributed by atoms with Crippen molar-refractivity contribution in [3.05, 3.63) is 64.6 Å². The van der Waals surface area contributed by atoms with Crippen LogP contribution in [0.4, 0.5) is 0 Å². The van der Waals surface area contributed by atoms with Gasteiger partial charge in [0.05, 0.1) is 22.6 Å². The molecule has 0 radical (unpaired) electrons. The molecule has 0 atom stereocenters. The first-order valence-corrected chi connectivity index (χ1v) is 9.41. The van der Waals surface area contributed by atoms with Gasteiger partial charge in [0, 0.05) is 23.0 Å². The van der Waals surface area contributed by atoms with E-state index in [9.17, 15) is 4.79 Å². The molecule has 3 aromatic rings. The summed E-state index contributed by atoms with van der Waals surface area (Å²) in [7, 11) is 1.73. The van der Waals surface area contributed by atoms with Crippen LogP contribution in [0.3, 0.4) is 0 Å². The molecule has 1 amide bonds. The number of benzene rings is 2. The lowest BCUT2D eigenvalue weighted by atomic mass is 10.2. The summed E-state index contributed by atoms with van der Waals surface area (Å²) in [5.41, 5.74) is 2.28. The van der Waals surface area contributed by atoms with Gasteiger partial charge >= 0.3 is 0 Å². The molecule has 0 bridgehead atoms. The number of para-hydroxylation sites is 1. The minimum Gasteiger partial charge on any atom is -0.334 e. The lowest BCUT2D eigenvalue weighted by molar-refractivity contribution is 0.0781. The van der Waals surface area contributed by atoms with Crippen molar-refractivity contribution >= 4 is 40.2 Å². The maximum Gasteiger partial charge on any atom is 0.255 e. The van der Waals surface area contributed by atoms with Gasteiger partial charge in [0.1, 0.15) is 5.82 Å². The molecular weight excluding hydrogens is 354 g/mol. The topological polar surface area (TPSA) is 46.1 Å². The molecule has 6 heteroatoms. The first-order valence-electron chi connectivity index (χ1n) is 7.81. The van der Waals surface area contributed by atoms with Gasteiger partial charge < -0.3 is 4.90 Å². The van der Waals surface area contributed by atoms with Crippen LogP contribution in [0.2, 0.25) is 5.02 Å². The Kier molecular flexibility index (Phi) is 5.25. The largest absolute Gasteiger partial charge is 0.334 e. The Balaban J connectivity index is 1.87. The predicted octanol–water partition coefficient (Wildman–Crippen LogP) is 4.59. The molecule has 3 rings (SSSR count). The molecule has 1 heterocycles.